The van der Waals surface area contributed by atoms with E-state index in [1.165, 1.54) is 11.1 Å². The average Bonchev–Trinajstić information content (AvgIpc) is 2.84. The van der Waals surface area contributed by atoms with E-state index in [1.54, 1.807) is 0 Å². The summed E-state index contributed by atoms with van der Waals surface area (Å²) in [5, 5.41) is 0. The van der Waals surface area contributed by atoms with Crippen molar-refractivity contribution in [3.63, 3.8) is 0 Å². The summed E-state index contributed by atoms with van der Waals surface area (Å²) in [5.74, 6) is 0.698. The number of hydrogen-bond donors (Lipinski definition) is 0. The normalized spacial score (nSPS) is 10.1. The minimum atomic E-state index is 0.698. The molecule has 3 rings (SSSR count). The van der Waals surface area contributed by atoms with E-state index in [1.807, 2.05) is 50.2 Å². The second-order valence-corrected chi connectivity index (χ2v) is 4.31. The minimum Gasteiger partial charge on any atom is -0.436 e. The monoisotopic (exact) mass is 253 g/mol. The first-order chi connectivity index (χ1) is 9.24. The summed E-state index contributed by atoms with van der Waals surface area (Å²) in [6, 6.07) is 14.2. The zero-order chi connectivity index (χ0) is 13.8. The Morgan fingerprint density at radius 2 is 1.68 bits per heavy atom. The van der Waals surface area contributed by atoms with Crippen LogP contribution in [0.4, 0.5) is 0 Å². The molecule has 1 heterocycles. The predicted octanol–water partition coefficient (Wildman–Crippen LogP) is 5.14. The van der Waals surface area contributed by atoms with Crippen LogP contribution in [0.25, 0.3) is 22.6 Å². The van der Waals surface area contributed by atoms with Gasteiger partial charge in [-0.15, -0.1) is 0 Å². The third-order valence-corrected chi connectivity index (χ3v) is 2.92. The van der Waals surface area contributed by atoms with Gasteiger partial charge in [-0.2, -0.15) is 0 Å². The van der Waals surface area contributed by atoms with Crippen LogP contribution < -0.4 is 0 Å². The van der Waals surface area contributed by atoms with Crippen molar-refractivity contribution in [3.05, 3.63) is 53.6 Å². The molecule has 0 aliphatic heterocycles. The minimum absolute atomic E-state index is 0.698. The Kier molecular flexibility index (Phi) is 4.00. The molecule has 0 saturated heterocycles. The molecule has 0 bridgehead atoms. The van der Waals surface area contributed by atoms with E-state index in [0.717, 1.165) is 16.7 Å². The zero-order valence-corrected chi connectivity index (χ0v) is 11.9. The van der Waals surface area contributed by atoms with E-state index in [0.29, 0.717) is 5.89 Å². The Morgan fingerprint density at radius 1 is 0.947 bits per heavy atom. The van der Waals surface area contributed by atoms with Crippen molar-refractivity contribution in [3.8, 4) is 11.5 Å². The van der Waals surface area contributed by atoms with E-state index in [4.69, 9.17) is 4.42 Å². The van der Waals surface area contributed by atoms with Crippen LogP contribution in [0.5, 0.6) is 0 Å². The maximum absolute atomic E-state index is 5.78. The van der Waals surface area contributed by atoms with Crippen LogP contribution in [0, 0.1) is 13.8 Å². The van der Waals surface area contributed by atoms with E-state index in [2.05, 4.69) is 24.9 Å². The topological polar surface area (TPSA) is 26.0 Å². The van der Waals surface area contributed by atoms with Crippen LogP contribution in [-0.4, -0.2) is 4.98 Å². The van der Waals surface area contributed by atoms with Crippen molar-refractivity contribution in [2.75, 3.05) is 0 Å². The highest BCUT2D eigenvalue weighted by Gasteiger charge is 2.09. The van der Waals surface area contributed by atoms with Gasteiger partial charge < -0.3 is 4.42 Å². The molecule has 0 fully saturated rings. The number of nitrogens with zero attached hydrogens (tertiary/aromatic N) is 1. The van der Waals surface area contributed by atoms with E-state index in [9.17, 15) is 0 Å². The summed E-state index contributed by atoms with van der Waals surface area (Å²) in [7, 11) is 0. The van der Waals surface area contributed by atoms with Crippen molar-refractivity contribution in [1.29, 1.82) is 0 Å². The van der Waals surface area contributed by atoms with Gasteiger partial charge in [0.2, 0.25) is 5.89 Å². The molecule has 2 heteroatoms. The van der Waals surface area contributed by atoms with Crippen molar-refractivity contribution in [2.45, 2.75) is 27.7 Å². The number of rotatable bonds is 1. The van der Waals surface area contributed by atoms with Gasteiger partial charge in [0.15, 0.2) is 5.58 Å². The summed E-state index contributed by atoms with van der Waals surface area (Å²) < 4.78 is 5.78. The molecule has 0 amide bonds. The third kappa shape index (κ3) is 2.68. The first-order valence-corrected chi connectivity index (χ1v) is 6.67. The molecule has 2 aromatic carbocycles. The number of oxazole rings is 1. The second kappa shape index (κ2) is 5.70. The van der Waals surface area contributed by atoms with Gasteiger partial charge in [-0.05, 0) is 43.2 Å². The SMILES string of the molecule is CC.Cc1ccc2oc(-c3ccccc3C)nc2c1. The Labute approximate surface area is 114 Å². The standard InChI is InChI=1S/C15H13NO.C2H6/c1-10-7-8-14-13(9-10)16-15(17-14)12-6-4-3-5-11(12)2;1-2/h3-9H,1-2H3;1-2H3. The van der Waals surface area contributed by atoms with Crippen LogP contribution in [0.1, 0.15) is 25.0 Å². The molecule has 0 spiro atoms. The molecule has 0 atom stereocenters. The average molecular weight is 253 g/mol. The predicted molar refractivity (Wildman–Crippen MR) is 80.3 cm³/mol. The Morgan fingerprint density at radius 3 is 2.42 bits per heavy atom. The number of hydrogen-bond acceptors (Lipinski definition) is 2. The maximum atomic E-state index is 5.78. The van der Waals surface area contributed by atoms with E-state index < -0.39 is 0 Å². The molecule has 0 N–H and O–H groups in total. The molecule has 0 aliphatic rings. The van der Waals surface area contributed by atoms with Crippen molar-refractivity contribution in [1.82, 2.24) is 4.98 Å². The highest BCUT2D eigenvalue weighted by molar-refractivity contribution is 5.77. The van der Waals surface area contributed by atoms with Crippen molar-refractivity contribution < 1.29 is 4.42 Å². The van der Waals surface area contributed by atoms with E-state index in [-0.39, 0.29) is 0 Å². The molecule has 0 radical (unpaired) electrons. The largest absolute Gasteiger partial charge is 0.436 e. The quantitative estimate of drug-likeness (QED) is 0.600. The molecular weight excluding hydrogens is 234 g/mol. The van der Waals surface area contributed by atoms with Gasteiger partial charge in [0, 0.05) is 5.56 Å². The van der Waals surface area contributed by atoms with E-state index >= 15 is 0 Å². The molecule has 0 aliphatic carbocycles. The lowest BCUT2D eigenvalue weighted by atomic mass is 10.1. The van der Waals surface area contributed by atoms with Gasteiger partial charge in [-0.3, -0.25) is 0 Å². The van der Waals surface area contributed by atoms with Crippen LogP contribution in [-0.2, 0) is 0 Å². The van der Waals surface area contributed by atoms with Gasteiger partial charge in [0.1, 0.15) is 5.52 Å². The second-order valence-electron chi connectivity index (χ2n) is 4.31. The van der Waals surface area contributed by atoms with Crippen LogP contribution >= 0.6 is 0 Å². The number of aryl methyl sites for hydroxylation is 2. The highest BCUT2D eigenvalue weighted by atomic mass is 16.3. The Bertz CT molecular complexity index is 683. The first-order valence-electron chi connectivity index (χ1n) is 6.67. The Balaban J connectivity index is 0.000000637. The maximum Gasteiger partial charge on any atom is 0.227 e. The van der Waals surface area contributed by atoms with Gasteiger partial charge in [0.05, 0.1) is 0 Å². The smallest absolute Gasteiger partial charge is 0.227 e. The lowest BCUT2D eigenvalue weighted by Gasteiger charge is -1.98. The summed E-state index contributed by atoms with van der Waals surface area (Å²) in [6.45, 7) is 8.12. The number of benzene rings is 2. The fraction of sp³-hybridized carbons (Fsp3) is 0.235. The van der Waals surface area contributed by atoms with Crippen LogP contribution in [0.2, 0.25) is 0 Å². The molecule has 98 valence electrons. The van der Waals surface area contributed by atoms with Gasteiger partial charge >= 0.3 is 0 Å². The summed E-state index contributed by atoms with van der Waals surface area (Å²) in [5.41, 5.74) is 5.19. The third-order valence-electron chi connectivity index (χ3n) is 2.92. The molecule has 3 aromatic rings. The first kappa shape index (κ1) is 13.3. The van der Waals surface area contributed by atoms with Gasteiger partial charge in [0.25, 0.3) is 0 Å². The highest BCUT2D eigenvalue weighted by Crippen LogP contribution is 2.26. The van der Waals surface area contributed by atoms with Gasteiger partial charge in [-0.1, -0.05) is 38.1 Å². The fourth-order valence-corrected chi connectivity index (χ4v) is 1.97. The molecule has 19 heavy (non-hydrogen) atoms. The zero-order valence-electron chi connectivity index (χ0n) is 11.9. The molecule has 1 aromatic heterocycles. The summed E-state index contributed by atoms with van der Waals surface area (Å²) >= 11 is 0. The molecule has 0 saturated carbocycles. The lowest BCUT2D eigenvalue weighted by molar-refractivity contribution is 0.619. The fourth-order valence-electron chi connectivity index (χ4n) is 1.97. The molecule has 0 unspecified atom stereocenters. The number of fused-ring (bicyclic) bond motifs is 1. The van der Waals surface area contributed by atoms with Crippen molar-refractivity contribution in [2.24, 2.45) is 0 Å². The number of aromatic nitrogens is 1. The van der Waals surface area contributed by atoms with Crippen LogP contribution in [0.3, 0.4) is 0 Å². The van der Waals surface area contributed by atoms with Crippen LogP contribution in [0.15, 0.2) is 46.9 Å². The lowest BCUT2D eigenvalue weighted by Crippen LogP contribution is -1.81. The summed E-state index contributed by atoms with van der Waals surface area (Å²) in [6.07, 6.45) is 0. The molecule has 2 nitrogen and oxygen atoms in total. The summed E-state index contributed by atoms with van der Waals surface area (Å²) in [4.78, 5) is 4.54. The van der Waals surface area contributed by atoms with Crippen molar-refractivity contribution >= 4 is 11.1 Å². The Hall–Kier alpha value is -2.09. The molecular formula is C17H19NO. The van der Waals surface area contributed by atoms with Gasteiger partial charge in [-0.25, -0.2) is 4.98 Å².